The molecule has 166 valence electrons. The molecule has 0 saturated carbocycles. The molecule has 1 aromatic heterocycles. The van der Waals surface area contributed by atoms with Crippen molar-refractivity contribution in [3.63, 3.8) is 0 Å². The molecular formula is C23H28N2O4S2. The fourth-order valence-electron chi connectivity index (χ4n) is 4.69. The lowest BCUT2D eigenvalue weighted by atomic mass is 9.92. The highest BCUT2D eigenvalue weighted by atomic mass is 32.2. The Morgan fingerprint density at radius 2 is 1.74 bits per heavy atom. The maximum absolute atomic E-state index is 13.3. The third kappa shape index (κ3) is 4.21. The van der Waals surface area contributed by atoms with Gasteiger partial charge in [-0.15, -0.1) is 11.3 Å². The first-order valence-electron chi connectivity index (χ1n) is 10.8. The van der Waals surface area contributed by atoms with Gasteiger partial charge in [-0.25, -0.2) is 8.42 Å². The summed E-state index contributed by atoms with van der Waals surface area (Å²) in [6.45, 7) is 4.98. The van der Waals surface area contributed by atoms with Crippen LogP contribution in [-0.4, -0.2) is 48.9 Å². The molecular weight excluding hydrogens is 432 g/mol. The van der Waals surface area contributed by atoms with Crippen LogP contribution in [0.2, 0.25) is 0 Å². The molecule has 0 spiro atoms. The van der Waals surface area contributed by atoms with Crippen LogP contribution in [0, 0.1) is 5.92 Å². The van der Waals surface area contributed by atoms with Crippen molar-refractivity contribution >= 4 is 33.1 Å². The van der Waals surface area contributed by atoms with Gasteiger partial charge in [0, 0.05) is 36.0 Å². The van der Waals surface area contributed by atoms with Crippen LogP contribution in [0.3, 0.4) is 0 Å². The van der Waals surface area contributed by atoms with E-state index in [4.69, 9.17) is 0 Å². The molecule has 2 aromatic rings. The average molecular weight is 461 g/mol. The lowest BCUT2D eigenvalue weighted by molar-refractivity contribution is -0.139. The maximum Gasteiger partial charge on any atom is 0.243 e. The van der Waals surface area contributed by atoms with E-state index in [9.17, 15) is 18.0 Å². The Bertz CT molecular complexity index is 1070. The van der Waals surface area contributed by atoms with E-state index >= 15 is 0 Å². The zero-order valence-corrected chi connectivity index (χ0v) is 19.5. The number of hydrogen-bond donors (Lipinski definition) is 0. The smallest absolute Gasteiger partial charge is 0.243 e. The summed E-state index contributed by atoms with van der Waals surface area (Å²) in [7, 11) is -3.63. The Morgan fingerprint density at radius 1 is 1.06 bits per heavy atom. The summed E-state index contributed by atoms with van der Waals surface area (Å²) in [5.74, 6) is -0.0757. The standard InChI is InChI=1S/C23H28N2O4S2/c1-3-21-20-11-15-30-22(20)10-14-25(21)23(27)18-8-12-24(13-9-18)31(28,29)19-6-4-17(5-7-19)16(2)26/h4-7,11,15,18,21H,3,8-10,12-14H2,1-2H3. The second-order valence-corrected chi connectivity index (χ2v) is 11.2. The largest absolute Gasteiger partial charge is 0.335 e. The quantitative estimate of drug-likeness (QED) is 0.635. The van der Waals surface area contributed by atoms with Crippen LogP contribution in [-0.2, 0) is 21.2 Å². The van der Waals surface area contributed by atoms with Gasteiger partial charge in [0.15, 0.2) is 5.78 Å². The number of carbonyl (C=O) groups is 2. The Labute approximate surface area is 187 Å². The third-order valence-electron chi connectivity index (χ3n) is 6.47. The Hall–Kier alpha value is -2.03. The van der Waals surface area contributed by atoms with Gasteiger partial charge < -0.3 is 4.90 Å². The molecule has 1 fully saturated rings. The topological polar surface area (TPSA) is 74.8 Å². The molecule has 2 aliphatic heterocycles. The summed E-state index contributed by atoms with van der Waals surface area (Å²) in [5.41, 5.74) is 1.77. The van der Waals surface area contributed by atoms with Gasteiger partial charge in [0.25, 0.3) is 0 Å². The van der Waals surface area contributed by atoms with Crippen molar-refractivity contribution in [2.45, 2.75) is 50.5 Å². The van der Waals surface area contributed by atoms with Crippen LogP contribution in [0.5, 0.6) is 0 Å². The molecule has 0 radical (unpaired) electrons. The van der Waals surface area contributed by atoms with Crippen molar-refractivity contribution in [2.75, 3.05) is 19.6 Å². The second-order valence-electron chi connectivity index (χ2n) is 8.26. The van der Waals surface area contributed by atoms with Crippen LogP contribution in [0.15, 0.2) is 40.6 Å². The van der Waals surface area contributed by atoms with Gasteiger partial charge in [-0.05, 0) is 61.7 Å². The van der Waals surface area contributed by atoms with Gasteiger partial charge in [-0.3, -0.25) is 9.59 Å². The van der Waals surface area contributed by atoms with E-state index in [1.54, 1.807) is 23.5 Å². The molecule has 1 atom stereocenters. The molecule has 1 unspecified atom stereocenters. The van der Waals surface area contributed by atoms with Crippen LogP contribution < -0.4 is 0 Å². The minimum Gasteiger partial charge on any atom is -0.335 e. The lowest BCUT2D eigenvalue weighted by Gasteiger charge is -2.39. The predicted molar refractivity (Wildman–Crippen MR) is 121 cm³/mol. The molecule has 3 heterocycles. The summed E-state index contributed by atoms with van der Waals surface area (Å²) in [4.78, 5) is 28.3. The molecule has 8 heteroatoms. The number of nitrogens with zero attached hydrogens (tertiary/aromatic N) is 2. The van der Waals surface area contributed by atoms with Gasteiger partial charge in [-0.1, -0.05) is 19.1 Å². The molecule has 2 aliphatic rings. The van der Waals surface area contributed by atoms with E-state index in [2.05, 4.69) is 18.4 Å². The van der Waals surface area contributed by atoms with E-state index in [1.807, 2.05) is 4.90 Å². The number of piperidine rings is 1. The first-order valence-corrected chi connectivity index (χ1v) is 13.1. The van der Waals surface area contributed by atoms with Crippen LogP contribution in [0.25, 0.3) is 0 Å². The number of amides is 1. The van der Waals surface area contributed by atoms with E-state index in [0.29, 0.717) is 31.5 Å². The fourth-order valence-corrected chi connectivity index (χ4v) is 7.09. The van der Waals surface area contributed by atoms with E-state index in [-0.39, 0.29) is 28.5 Å². The summed E-state index contributed by atoms with van der Waals surface area (Å²) in [6, 6.07) is 8.34. The number of fused-ring (bicyclic) bond motifs is 1. The predicted octanol–water partition coefficient (Wildman–Crippen LogP) is 3.89. The number of carbonyl (C=O) groups excluding carboxylic acids is 2. The molecule has 4 rings (SSSR count). The number of thiophene rings is 1. The number of sulfonamides is 1. The van der Waals surface area contributed by atoms with Crippen molar-refractivity contribution in [1.29, 1.82) is 0 Å². The molecule has 1 aromatic carbocycles. The highest BCUT2D eigenvalue weighted by Crippen LogP contribution is 2.37. The van der Waals surface area contributed by atoms with E-state index in [0.717, 1.165) is 19.4 Å². The van der Waals surface area contributed by atoms with Gasteiger partial charge in [0.2, 0.25) is 15.9 Å². The van der Waals surface area contributed by atoms with Crippen LogP contribution in [0.4, 0.5) is 0 Å². The van der Waals surface area contributed by atoms with E-state index < -0.39 is 10.0 Å². The van der Waals surface area contributed by atoms with Crippen molar-refractivity contribution in [2.24, 2.45) is 5.92 Å². The van der Waals surface area contributed by atoms with Gasteiger partial charge in [0.05, 0.1) is 10.9 Å². The molecule has 1 amide bonds. The molecule has 0 aliphatic carbocycles. The minimum atomic E-state index is -3.63. The summed E-state index contributed by atoms with van der Waals surface area (Å²) in [5, 5.41) is 2.10. The fraction of sp³-hybridized carbons (Fsp3) is 0.478. The number of benzene rings is 1. The summed E-state index contributed by atoms with van der Waals surface area (Å²) in [6.07, 6.45) is 2.86. The molecule has 6 nitrogen and oxygen atoms in total. The minimum absolute atomic E-state index is 0.0963. The maximum atomic E-state index is 13.3. The van der Waals surface area contributed by atoms with Crippen molar-refractivity contribution in [1.82, 2.24) is 9.21 Å². The molecule has 31 heavy (non-hydrogen) atoms. The van der Waals surface area contributed by atoms with Crippen LogP contribution in [0.1, 0.15) is 60.0 Å². The summed E-state index contributed by atoms with van der Waals surface area (Å²) < 4.78 is 27.5. The zero-order valence-electron chi connectivity index (χ0n) is 17.9. The monoisotopic (exact) mass is 460 g/mol. The number of ketones is 1. The van der Waals surface area contributed by atoms with Gasteiger partial charge >= 0.3 is 0 Å². The highest BCUT2D eigenvalue weighted by Gasteiger charge is 2.37. The van der Waals surface area contributed by atoms with Crippen molar-refractivity contribution in [3.05, 3.63) is 51.7 Å². The average Bonchev–Trinajstić information content (AvgIpc) is 3.27. The molecule has 0 bridgehead atoms. The molecule has 1 saturated heterocycles. The second kappa shape index (κ2) is 8.84. The van der Waals surface area contributed by atoms with Gasteiger partial charge in [0.1, 0.15) is 0 Å². The van der Waals surface area contributed by atoms with Crippen molar-refractivity contribution < 1.29 is 18.0 Å². The first kappa shape index (κ1) is 22.2. The SMILES string of the molecule is CCC1c2ccsc2CCN1C(=O)C1CCN(S(=O)(=O)c2ccc(C(C)=O)cc2)CC1. The number of Topliss-reactive ketones (excluding diaryl/α,β-unsaturated/α-hetero) is 1. The van der Waals surface area contributed by atoms with Crippen molar-refractivity contribution in [3.8, 4) is 0 Å². The first-order chi connectivity index (χ1) is 14.8. The highest BCUT2D eigenvalue weighted by molar-refractivity contribution is 7.89. The number of rotatable bonds is 5. The Morgan fingerprint density at radius 3 is 2.35 bits per heavy atom. The van der Waals surface area contributed by atoms with Crippen LogP contribution >= 0.6 is 11.3 Å². The Kier molecular flexibility index (Phi) is 6.32. The van der Waals surface area contributed by atoms with Gasteiger partial charge in [-0.2, -0.15) is 4.31 Å². The zero-order chi connectivity index (χ0) is 22.2. The third-order valence-corrected chi connectivity index (χ3v) is 9.38. The Balaban J connectivity index is 1.42. The summed E-state index contributed by atoms with van der Waals surface area (Å²) >= 11 is 1.77. The molecule has 0 N–H and O–H groups in total. The lowest BCUT2D eigenvalue weighted by Crippen LogP contribution is -2.47. The van der Waals surface area contributed by atoms with E-state index in [1.165, 1.54) is 33.8 Å². The normalized spacial score (nSPS) is 20.5. The number of hydrogen-bond acceptors (Lipinski definition) is 5.